The van der Waals surface area contributed by atoms with Crippen LogP contribution in [0, 0.1) is 0 Å². The summed E-state index contributed by atoms with van der Waals surface area (Å²) in [6.45, 7) is 5.52. The van der Waals surface area contributed by atoms with Crippen LogP contribution in [0.5, 0.6) is 11.5 Å². The maximum atomic E-state index is 12.8. The number of benzene rings is 2. The van der Waals surface area contributed by atoms with Crippen LogP contribution in [0.4, 0.5) is 18.0 Å². The van der Waals surface area contributed by atoms with E-state index in [1.165, 1.54) is 23.1 Å². The van der Waals surface area contributed by atoms with Crippen molar-refractivity contribution in [3.8, 4) is 22.6 Å². The van der Waals surface area contributed by atoms with Gasteiger partial charge in [-0.25, -0.2) is 4.79 Å². The highest BCUT2D eigenvalue weighted by Gasteiger charge is 2.37. The fraction of sp³-hybridized carbons (Fsp3) is 0.409. The summed E-state index contributed by atoms with van der Waals surface area (Å²) >= 11 is 0. The molecule has 9 heteroatoms. The number of hydrogen-bond acceptors (Lipinski definition) is 5. The lowest BCUT2D eigenvalue weighted by Gasteiger charge is -2.39. The van der Waals surface area contributed by atoms with Gasteiger partial charge < -0.3 is 24.2 Å². The van der Waals surface area contributed by atoms with Crippen LogP contribution in [-0.2, 0) is 11.3 Å². The Morgan fingerprint density at radius 2 is 1.65 bits per heavy atom. The second kappa shape index (κ2) is 8.66. The molecule has 1 saturated heterocycles. The van der Waals surface area contributed by atoms with Gasteiger partial charge in [0.25, 0.3) is 0 Å². The van der Waals surface area contributed by atoms with E-state index >= 15 is 0 Å². The van der Waals surface area contributed by atoms with E-state index in [0.29, 0.717) is 11.1 Å². The summed E-state index contributed by atoms with van der Waals surface area (Å²) in [6, 6.07) is 11.1. The number of nitrogens with zero attached hydrogens (tertiary/aromatic N) is 1. The SMILES string of the molecule is CC(C)(C)OC(=O)N1CC(Oc2cc(-c3ccc(CO)cc3)ccc2OC(F)(F)F)C1. The zero-order valence-corrected chi connectivity index (χ0v) is 17.4. The number of ether oxygens (including phenoxy) is 3. The topological polar surface area (TPSA) is 68.2 Å². The summed E-state index contributed by atoms with van der Waals surface area (Å²) in [5.41, 5.74) is 1.44. The van der Waals surface area contributed by atoms with Gasteiger partial charge in [0, 0.05) is 0 Å². The van der Waals surface area contributed by atoms with Crippen molar-refractivity contribution < 1.29 is 37.3 Å². The molecule has 1 N–H and O–H groups in total. The van der Waals surface area contributed by atoms with Gasteiger partial charge in [0.2, 0.25) is 0 Å². The summed E-state index contributed by atoms with van der Waals surface area (Å²) in [5.74, 6) is -0.533. The Labute approximate surface area is 178 Å². The Hall–Kier alpha value is -2.94. The van der Waals surface area contributed by atoms with Crippen LogP contribution in [0.15, 0.2) is 42.5 Å². The molecule has 0 bridgehead atoms. The van der Waals surface area contributed by atoms with Gasteiger partial charge in [-0.3, -0.25) is 0 Å². The second-order valence-electron chi connectivity index (χ2n) is 8.19. The molecule has 1 fully saturated rings. The van der Waals surface area contributed by atoms with Crippen LogP contribution < -0.4 is 9.47 Å². The molecule has 0 radical (unpaired) electrons. The number of aliphatic hydroxyl groups excluding tert-OH is 1. The molecule has 0 aromatic heterocycles. The first-order valence-corrected chi connectivity index (χ1v) is 9.68. The van der Waals surface area contributed by atoms with Crippen molar-refractivity contribution in [2.45, 2.75) is 45.4 Å². The van der Waals surface area contributed by atoms with E-state index in [1.807, 2.05) is 0 Å². The highest BCUT2D eigenvalue weighted by molar-refractivity contribution is 5.70. The maximum absolute atomic E-state index is 12.8. The van der Waals surface area contributed by atoms with E-state index in [2.05, 4.69) is 4.74 Å². The van der Waals surface area contributed by atoms with Gasteiger partial charge in [-0.1, -0.05) is 30.3 Å². The summed E-state index contributed by atoms with van der Waals surface area (Å²) in [7, 11) is 0. The van der Waals surface area contributed by atoms with Crippen LogP contribution in [0.2, 0.25) is 0 Å². The first-order valence-electron chi connectivity index (χ1n) is 9.68. The average Bonchev–Trinajstić information content (AvgIpc) is 2.62. The smallest absolute Gasteiger partial charge is 0.483 e. The summed E-state index contributed by atoms with van der Waals surface area (Å²) in [4.78, 5) is 13.5. The number of likely N-dealkylation sites (tertiary alicyclic amines) is 1. The van der Waals surface area contributed by atoms with E-state index in [4.69, 9.17) is 14.6 Å². The molecule has 0 saturated carbocycles. The van der Waals surface area contributed by atoms with Crippen LogP contribution in [0.25, 0.3) is 11.1 Å². The monoisotopic (exact) mass is 439 g/mol. The molecule has 0 atom stereocenters. The third kappa shape index (κ3) is 6.27. The van der Waals surface area contributed by atoms with Gasteiger partial charge in [-0.15, -0.1) is 13.2 Å². The number of halogens is 3. The molecule has 0 aliphatic carbocycles. The minimum atomic E-state index is -4.87. The van der Waals surface area contributed by atoms with Gasteiger partial charge in [0.15, 0.2) is 11.5 Å². The van der Waals surface area contributed by atoms with Gasteiger partial charge in [-0.2, -0.15) is 0 Å². The fourth-order valence-electron chi connectivity index (χ4n) is 2.96. The average molecular weight is 439 g/mol. The predicted molar refractivity (Wildman–Crippen MR) is 107 cm³/mol. The zero-order chi connectivity index (χ0) is 22.8. The molecule has 1 aliphatic rings. The van der Waals surface area contributed by atoms with E-state index < -0.39 is 29.9 Å². The van der Waals surface area contributed by atoms with Gasteiger partial charge >= 0.3 is 12.5 Å². The van der Waals surface area contributed by atoms with Crippen molar-refractivity contribution in [3.05, 3.63) is 48.0 Å². The summed E-state index contributed by atoms with van der Waals surface area (Å²) in [5, 5.41) is 9.16. The summed E-state index contributed by atoms with van der Waals surface area (Å²) < 4.78 is 53.6. The third-order valence-corrected chi connectivity index (χ3v) is 4.43. The largest absolute Gasteiger partial charge is 0.573 e. The minimum absolute atomic E-state index is 0.0742. The van der Waals surface area contributed by atoms with Crippen molar-refractivity contribution in [3.63, 3.8) is 0 Å². The van der Waals surface area contributed by atoms with E-state index in [0.717, 1.165) is 5.56 Å². The van der Waals surface area contributed by atoms with E-state index in [1.54, 1.807) is 45.0 Å². The quantitative estimate of drug-likeness (QED) is 0.729. The molecular weight excluding hydrogens is 415 g/mol. The molecule has 168 valence electrons. The predicted octanol–water partition coefficient (Wildman–Crippen LogP) is 4.74. The van der Waals surface area contributed by atoms with E-state index in [-0.39, 0.29) is 25.4 Å². The Balaban J connectivity index is 1.76. The number of carbonyl (C=O) groups is 1. The molecule has 3 rings (SSSR count). The highest BCUT2D eigenvalue weighted by atomic mass is 19.4. The Kier molecular flexibility index (Phi) is 6.35. The first kappa shape index (κ1) is 22.7. The standard InChI is InChI=1S/C22H24F3NO5/c1-21(2,3)31-20(28)26-11-17(12-26)29-19-10-16(8-9-18(19)30-22(23,24)25)15-6-4-14(13-27)5-7-15/h4-10,17,27H,11-13H2,1-3H3. The van der Waals surface area contributed by atoms with Crippen LogP contribution in [-0.4, -0.2) is 47.3 Å². The van der Waals surface area contributed by atoms with Crippen molar-refractivity contribution >= 4 is 6.09 Å². The normalized spacial score (nSPS) is 14.7. The van der Waals surface area contributed by atoms with Gasteiger partial charge in [0.1, 0.15) is 11.7 Å². The first-order chi connectivity index (χ1) is 14.4. The number of amides is 1. The Morgan fingerprint density at radius 1 is 1.03 bits per heavy atom. The molecule has 0 unspecified atom stereocenters. The lowest BCUT2D eigenvalue weighted by atomic mass is 10.0. The molecule has 1 heterocycles. The number of rotatable bonds is 5. The third-order valence-electron chi connectivity index (χ3n) is 4.43. The van der Waals surface area contributed by atoms with Crippen LogP contribution in [0.1, 0.15) is 26.3 Å². The molecule has 2 aromatic carbocycles. The van der Waals surface area contributed by atoms with Crippen LogP contribution >= 0.6 is 0 Å². The van der Waals surface area contributed by atoms with Crippen molar-refractivity contribution in [2.24, 2.45) is 0 Å². The number of alkyl halides is 3. The molecule has 2 aromatic rings. The number of aliphatic hydroxyl groups is 1. The maximum Gasteiger partial charge on any atom is 0.573 e. The summed E-state index contributed by atoms with van der Waals surface area (Å²) in [6.07, 6.45) is -5.86. The number of hydrogen-bond donors (Lipinski definition) is 1. The number of carbonyl (C=O) groups excluding carboxylic acids is 1. The molecule has 6 nitrogen and oxygen atoms in total. The van der Waals surface area contributed by atoms with Crippen LogP contribution in [0.3, 0.4) is 0 Å². The minimum Gasteiger partial charge on any atom is -0.483 e. The van der Waals surface area contributed by atoms with Gasteiger partial charge in [-0.05, 0) is 49.6 Å². The molecule has 1 amide bonds. The van der Waals surface area contributed by atoms with Gasteiger partial charge in [0.05, 0.1) is 19.7 Å². The fourth-order valence-corrected chi connectivity index (χ4v) is 2.96. The lowest BCUT2D eigenvalue weighted by molar-refractivity contribution is -0.275. The molecule has 0 spiro atoms. The van der Waals surface area contributed by atoms with Crippen molar-refractivity contribution in [1.29, 1.82) is 0 Å². The van der Waals surface area contributed by atoms with Crippen molar-refractivity contribution in [1.82, 2.24) is 4.90 Å². The second-order valence-corrected chi connectivity index (χ2v) is 8.19. The highest BCUT2D eigenvalue weighted by Crippen LogP contribution is 2.37. The van der Waals surface area contributed by atoms with E-state index in [9.17, 15) is 18.0 Å². The molecular formula is C22H24F3NO5. The zero-order valence-electron chi connectivity index (χ0n) is 17.4. The molecule has 1 aliphatic heterocycles. The Morgan fingerprint density at radius 3 is 2.19 bits per heavy atom. The van der Waals surface area contributed by atoms with Crippen molar-refractivity contribution in [2.75, 3.05) is 13.1 Å². The molecule has 31 heavy (non-hydrogen) atoms. The lowest BCUT2D eigenvalue weighted by Crippen LogP contribution is -2.57. The Bertz CT molecular complexity index is 916.